The van der Waals surface area contributed by atoms with Crippen molar-refractivity contribution in [2.24, 2.45) is 0 Å². The maximum Gasteiger partial charge on any atom is 0.288 e. The zero-order valence-electron chi connectivity index (χ0n) is 15.8. The summed E-state index contributed by atoms with van der Waals surface area (Å²) in [6.45, 7) is 0.976. The molecule has 6 heteroatoms. The topological polar surface area (TPSA) is 63.4 Å². The molecule has 29 heavy (non-hydrogen) atoms. The molecule has 3 aromatic carbocycles. The molecule has 0 fully saturated rings. The van der Waals surface area contributed by atoms with Gasteiger partial charge < -0.3 is 4.90 Å². The second kappa shape index (κ2) is 9.85. The van der Waals surface area contributed by atoms with E-state index in [0.29, 0.717) is 13.1 Å². The maximum atomic E-state index is 13.1. The first-order chi connectivity index (χ1) is 14.0. The van der Waals surface area contributed by atoms with Gasteiger partial charge in [-0.2, -0.15) is 0 Å². The Morgan fingerprint density at radius 2 is 1.55 bits per heavy atom. The number of nitro benzene ring substituents is 1. The third-order valence-corrected chi connectivity index (χ3v) is 4.95. The predicted octanol–water partition coefficient (Wildman–Crippen LogP) is 5.52. The van der Waals surface area contributed by atoms with Crippen LogP contribution in [0.25, 0.3) is 0 Å². The molecule has 0 unspecified atom stereocenters. The van der Waals surface area contributed by atoms with Gasteiger partial charge in [0, 0.05) is 24.7 Å². The number of halogens is 1. The zero-order chi connectivity index (χ0) is 20.6. The molecule has 148 valence electrons. The summed E-state index contributed by atoms with van der Waals surface area (Å²) in [7, 11) is 0. The van der Waals surface area contributed by atoms with Crippen molar-refractivity contribution in [1.29, 1.82) is 0 Å². The normalized spacial score (nSPS) is 10.5. The number of carbonyl (C=O) groups excluding carboxylic acids is 1. The van der Waals surface area contributed by atoms with E-state index < -0.39 is 4.92 Å². The SMILES string of the molecule is O=C(c1ccc(Cl)c([N+](=O)[O-])c1)N(CCCc1ccccc1)Cc1ccccc1. The Labute approximate surface area is 174 Å². The standard InChI is InChI=1S/C23H21ClN2O3/c24-21-14-13-20(16-22(21)26(28)29)23(27)25(17-19-10-5-2-6-11-19)15-7-12-18-8-3-1-4-9-18/h1-6,8-11,13-14,16H,7,12,15,17H2. The van der Waals surface area contributed by atoms with Crippen LogP contribution in [0.3, 0.4) is 0 Å². The summed E-state index contributed by atoms with van der Waals surface area (Å²) in [6, 6.07) is 24.0. The van der Waals surface area contributed by atoms with E-state index in [1.54, 1.807) is 4.90 Å². The number of rotatable bonds is 8. The Morgan fingerprint density at radius 1 is 0.931 bits per heavy atom. The minimum atomic E-state index is -0.573. The van der Waals surface area contributed by atoms with Crippen molar-refractivity contribution in [3.05, 3.63) is 111 Å². The summed E-state index contributed by atoms with van der Waals surface area (Å²) in [5.74, 6) is -0.248. The Kier molecular flexibility index (Phi) is 6.98. The van der Waals surface area contributed by atoms with Gasteiger partial charge in [-0.1, -0.05) is 72.3 Å². The van der Waals surface area contributed by atoms with Crippen LogP contribution in [0.4, 0.5) is 5.69 Å². The first-order valence-electron chi connectivity index (χ1n) is 9.35. The molecular weight excluding hydrogens is 388 g/mol. The number of hydrogen-bond acceptors (Lipinski definition) is 3. The second-order valence-electron chi connectivity index (χ2n) is 6.72. The van der Waals surface area contributed by atoms with Crippen molar-refractivity contribution < 1.29 is 9.72 Å². The van der Waals surface area contributed by atoms with Crippen molar-refractivity contribution in [3.63, 3.8) is 0 Å². The van der Waals surface area contributed by atoms with Crippen molar-refractivity contribution >= 4 is 23.2 Å². The highest BCUT2D eigenvalue weighted by atomic mass is 35.5. The Balaban J connectivity index is 1.78. The quantitative estimate of drug-likeness (QED) is 0.364. The lowest BCUT2D eigenvalue weighted by molar-refractivity contribution is -0.384. The van der Waals surface area contributed by atoms with E-state index in [4.69, 9.17) is 11.6 Å². The van der Waals surface area contributed by atoms with Gasteiger partial charge in [-0.15, -0.1) is 0 Å². The van der Waals surface area contributed by atoms with Gasteiger partial charge >= 0.3 is 0 Å². The van der Waals surface area contributed by atoms with Crippen LogP contribution in [-0.2, 0) is 13.0 Å². The molecule has 0 aliphatic rings. The molecule has 0 aliphatic heterocycles. The van der Waals surface area contributed by atoms with Gasteiger partial charge in [-0.05, 0) is 36.1 Å². The largest absolute Gasteiger partial charge is 0.334 e. The Bertz CT molecular complexity index is 978. The third-order valence-electron chi connectivity index (χ3n) is 4.63. The van der Waals surface area contributed by atoms with Crippen LogP contribution < -0.4 is 0 Å². The van der Waals surface area contributed by atoms with Gasteiger partial charge in [0.05, 0.1) is 4.92 Å². The van der Waals surface area contributed by atoms with Crippen LogP contribution in [0.5, 0.6) is 0 Å². The number of amides is 1. The average Bonchev–Trinajstić information content (AvgIpc) is 2.74. The number of hydrogen-bond donors (Lipinski definition) is 0. The van der Waals surface area contributed by atoms with E-state index in [2.05, 4.69) is 12.1 Å². The van der Waals surface area contributed by atoms with Crippen LogP contribution in [0.15, 0.2) is 78.9 Å². The summed E-state index contributed by atoms with van der Waals surface area (Å²) in [5.41, 5.74) is 2.21. The smallest absolute Gasteiger partial charge is 0.288 e. The fourth-order valence-corrected chi connectivity index (χ4v) is 3.33. The molecule has 0 heterocycles. The van der Waals surface area contributed by atoms with Gasteiger partial charge in [0.2, 0.25) is 0 Å². The fourth-order valence-electron chi connectivity index (χ4n) is 3.14. The monoisotopic (exact) mass is 408 g/mol. The lowest BCUT2D eigenvalue weighted by Crippen LogP contribution is -2.31. The summed E-state index contributed by atoms with van der Waals surface area (Å²) < 4.78 is 0. The molecule has 0 bridgehead atoms. The molecule has 3 rings (SSSR count). The average molecular weight is 409 g/mol. The summed E-state index contributed by atoms with van der Waals surface area (Å²) in [5, 5.41) is 11.2. The molecule has 0 aromatic heterocycles. The minimum absolute atomic E-state index is 0.0187. The van der Waals surface area contributed by atoms with Crippen molar-refractivity contribution in [2.45, 2.75) is 19.4 Å². The summed E-state index contributed by atoms with van der Waals surface area (Å²) in [6.07, 6.45) is 1.64. The number of aryl methyl sites for hydroxylation is 1. The first kappa shape index (κ1) is 20.6. The van der Waals surface area contributed by atoms with E-state index in [-0.39, 0.29) is 22.2 Å². The molecule has 0 aliphatic carbocycles. The fraction of sp³-hybridized carbons (Fsp3) is 0.174. The minimum Gasteiger partial charge on any atom is -0.334 e. The number of carbonyl (C=O) groups is 1. The number of nitrogens with zero attached hydrogens (tertiary/aromatic N) is 2. The highest BCUT2D eigenvalue weighted by molar-refractivity contribution is 6.32. The van der Waals surface area contributed by atoms with Crippen molar-refractivity contribution in [1.82, 2.24) is 4.90 Å². The van der Waals surface area contributed by atoms with Crippen LogP contribution in [0.2, 0.25) is 5.02 Å². The third kappa shape index (κ3) is 5.65. The second-order valence-corrected chi connectivity index (χ2v) is 7.13. The molecule has 0 spiro atoms. The lowest BCUT2D eigenvalue weighted by Gasteiger charge is -2.23. The molecule has 0 saturated carbocycles. The van der Waals surface area contributed by atoms with E-state index in [1.807, 2.05) is 48.5 Å². The van der Waals surface area contributed by atoms with Crippen LogP contribution in [0, 0.1) is 10.1 Å². The summed E-state index contributed by atoms with van der Waals surface area (Å²) in [4.78, 5) is 25.5. The first-order valence-corrected chi connectivity index (χ1v) is 9.73. The van der Waals surface area contributed by atoms with Crippen LogP contribution >= 0.6 is 11.6 Å². The molecule has 0 N–H and O–H groups in total. The van der Waals surface area contributed by atoms with Crippen LogP contribution in [0.1, 0.15) is 27.9 Å². The van der Waals surface area contributed by atoms with E-state index in [1.165, 1.54) is 23.8 Å². The molecule has 5 nitrogen and oxygen atoms in total. The van der Waals surface area contributed by atoms with Gasteiger partial charge in [0.1, 0.15) is 5.02 Å². The van der Waals surface area contributed by atoms with Crippen molar-refractivity contribution in [3.8, 4) is 0 Å². The molecule has 1 amide bonds. The Morgan fingerprint density at radius 3 is 2.17 bits per heavy atom. The van der Waals surface area contributed by atoms with Gasteiger partial charge in [-0.3, -0.25) is 14.9 Å². The maximum absolute atomic E-state index is 13.1. The highest BCUT2D eigenvalue weighted by Crippen LogP contribution is 2.26. The van der Waals surface area contributed by atoms with E-state index in [0.717, 1.165) is 18.4 Å². The molecular formula is C23H21ClN2O3. The van der Waals surface area contributed by atoms with Gasteiger partial charge in [0.15, 0.2) is 0 Å². The predicted molar refractivity (Wildman–Crippen MR) is 114 cm³/mol. The lowest BCUT2D eigenvalue weighted by atomic mass is 10.1. The van der Waals surface area contributed by atoms with E-state index >= 15 is 0 Å². The molecule has 3 aromatic rings. The molecule has 0 saturated heterocycles. The highest BCUT2D eigenvalue weighted by Gasteiger charge is 2.20. The van der Waals surface area contributed by atoms with E-state index in [9.17, 15) is 14.9 Å². The van der Waals surface area contributed by atoms with Crippen LogP contribution in [-0.4, -0.2) is 22.3 Å². The summed E-state index contributed by atoms with van der Waals surface area (Å²) >= 11 is 5.89. The van der Waals surface area contributed by atoms with Gasteiger partial charge in [-0.25, -0.2) is 0 Å². The van der Waals surface area contributed by atoms with Gasteiger partial charge in [0.25, 0.3) is 11.6 Å². The number of nitro groups is 1. The molecule has 0 atom stereocenters. The number of benzene rings is 3. The van der Waals surface area contributed by atoms with Crippen molar-refractivity contribution in [2.75, 3.05) is 6.54 Å². The zero-order valence-corrected chi connectivity index (χ0v) is 16.6. The molecule has 0 radical (unpaired) electrons. The Hall–Kier alpha value is -3.18.